The number of benzene rings is 1. The molecule has 0 spiro atoms. The predicted octanol–water partition coefficient (Wildman–Crippen LogP) is 3.84. The van der Waals surface area contributed by atoms with Crippen LogP contribution in [0, 0.1) is 0 Å². The fourth-order valence-electron chi connectivity index (χ4n) is 5.63. The molecule has 1 amide bonds. The summed E-state index contributed by atoms with van der Waals surface area (Å²) in [6.45, 7) is 4.02. The first kappa shape index (κ1) is 25.0. The Balaban J connectivity index is 1.20. The molecule has 2 aromatic heterocycles. The van der Waals surface area contributed by atoms with Crippen LogP contribution < -0.4 is 10.2 Å². The van der Waals surface area contributed by atoms with Gasteiger partial charge in [-0.05, 0) is 49.2 Å². The molecular formula is C27H30F3N5O3. The Morgan fingerprint density at radius 2 is 1.74 bits per heavy atom. The van der Waals surface area contributed by atoms with Crippen molar-refractivity contribution in [1.82, 2.24) is 19.8 Å². The number of piperidine rings is 1. The smallest absolute Gasteiger partial charge is 0.410 e. The number of nitrogens with one attached hydrogen (secondary N) is 1. The van der Waals surface area contributed by atoms with Crippen LogP contribution in [0.2, 0.25) is 0 Å². The van der Waals surface area contributed by atoms with Crippen molar-refractivity contribution in [3.05, 3.63) is 54.4 Å². The number of anilines is 1. The zero-order valence-corrected chi connectivity index (χ0v) is 20.9. The summed E-state index contributed by atoms with van der Waals surface area (Å²) in [5, 5.41) is 7.49. The van der Waals surface area contributed by atoms with Crippen LogP contribution in [-0.4, -0.2) is 85.4 Å². The molecule has 3 saturated heterocycles. The van der Waals surface area contributed by atoms with Gasteiger partial charge in [-0.25, -0.2) is 9.31 Å². The SMILES string of the molecule is O=C(OC1COC1)N1CCN(c2ccnn3cc(-c4ccc(C5(C(F)(F)F)CCNCC5)cc4)cc23)CC1. The third-order valence-corrected chi connectivity index (χ3v) is 8.01. The second kappa shape index (κ2) is 9.77. The van der Waals surface area contributed by atoms with E-state index in [1.54, 1.807) is 39.9 Å². The van der Waals surface area contributed by atoms with Crippen LogP contribution in [0.4, 0.5) is 23.7 Å². The molecule has 0 bridgehead atoms. The highest BCUT2D eigenvalue weighted by Crippen LogP contribution is 2.47. The molecule has 38 heavy (non-hydrogen) atoms. The van der Waals surface area contributed by atoms with E-state index in [0.29, 0.717) is 58.0 Å². The van der Waals surface area contributed by atoms with Gasteiger partial charge in [0.1, 0.15) is 0 Å². The van der Waals surface area contributed by atoms with E-state index in [-0.39, 0.29) is 25.0 Å². The van der Waals surface area contributed by atoms with E-state index in [0.717, 1.165) is 22.3 Å². The third-order valence-electron chi connectivity index (χ3n) is 8.01. The Bertz CT molecular complexity index is 1290. The predicted molar refractivity (Wildman–Crippen MR) is 135 cm³/mol. The number of hydrogen-bond acceptors (Lipinski definition) is 6. The molecule has 3 fully saturated rings. The highest BCUT2D eigenvalue weighted by Gasteiger charge is 2.55. The summed E-state index contributed by atoms with van der Waals surface area (Å²) in [5.41, 5.74) is 2.13. The van der Waals surface area contributed by atoms with Crippen LogP contribution in [0.15, 0.2) is 48.8 Å². The van der Waals surface area contributed by atoms with Gasteiger partial charge in [-0.2, -0.15) is 18.3 Å². The first-order valence-electron chi connectivity index (χ1n) is 13.0. The number of aromatic nitrogens is 2. The van der Waals surface area contributed by atoms with Gasteiger partial charge in [0.15, 0.2) is 6.10 Å². The topological polar surface area (TPSA) is 71.3 Å². The highest BCUT2D eigenvalue weighted by atomic mass is 19.4. The Hall–Kier alpha value is -3.31. The van der Waals surface area contributed by atoms with E-state index < -0.39 is 11.6 Å². The van der Waals surface area contributed by atoms with Gasteiger partial charge in [-0.1, -0.05) is 24.3 Å². The van der Waals surface area contributed by atoms with Crippen molar-refractivity contribution in [1.29, 1.82) is 0 Å². The largest absolute Gasteiger partial charge is 0.441 e. The quantitative estimate of drug-likeness (QED) is 0.554. The molecule has 3 aliphatic rings. The standard InChI is InChI=1S/C27H30F3N5O3/c28-27(29,30)26(6-9-31-10-7-26)21-3-1-19(2-4-21)20-15-24-23(5-8-32-35(24)16-20)33-11-13-34(14-12-33)25(36)38-22-17-37-18-22/h1-5,8,15-16,22,31H,6-7,9-14,17-18H2. The minimum atomic E-state index is -4.30. The number of rotatable bonds is 4. The van der Waals surface area contributed by atoms with Gasteiger partial charge in [0.05, 0.1) is 29.8 Å². The third kappa shape index (κ3) is 4.47. The van der Waals surface area contributed by atoms with Gasteiger partial charge in [0, 0.05) is 44.1 Å². The molecule has 5 heterocycles. The zero-order chi connectivity index (χ0) is 26.3. The number of piperazine rings is 1. The summed E-state index contributed by atoms with van der Waals surface area (Å²) in [7, 11) is 0. The Kier molecular flexibility index (Phi) is 6.43. The summed E-state index contributed by atoms with van der Waals surface area (Å²) < 4.78 is 54.7. The molecule has 3 aliphatic heterocycles. The highest BCUT2D eigenvalue weighted by molar-refractivity contribution is 5.80. The Labute approximate surface area is 218 Å². The van der Waals surface area contributed by atoms with Gasteiger partial charge < -0.3 is 24.6 Å². The lowest BCUT2D eigenvalue weighted by Crippen LogP contribution is -2.51. The van der Waals surface area contributed by atoms with Gasteiger partial charge >= 0.3 is 12.3 Å². The van der Waals surface area contributed by atoms with Crippen LogP contribution in [-0.2, 0) is 14.9 Å². The number of hydrogen-bond donors (Lipinski definition) is 1. The maximum atomic E-state index is 14.1. The van der Waals surface area contributed by atoms with Crippen molar-refractivity contribution >= 4 is 17.3 Å². The molecule has 11 heteroatoms. The lowest BCUT2D eigenvalue weighted by atomic mass is 9.72. The van der Waals surface area contributed by atoms with Crippen molar-refractivity contribution in [2.24, 2.45) is 0 Å². The molecule has 8 nitrogen and oxygen atoms in total. The van der Waals surface area contributed by atoms with Crippen LogP contribution in [0.25, 0.3) is 16.6 Å². The maximum Gasteiger partial charge on any atom is 0.410 e. The summed E-state index contributed by atoms with van der Waals surface area (Å²) in [6, 6.07) is 10.8. The van der Waals surface area contributed by atoms with E-state index in [1.165, 1.54) is 0 Å². The number of carbonyl (C=O) groups is 1. The molecule has 3 aromatic rings. The molecule has 6 rings (SSSR count). The van der Waals surface area contributed by atoms with Crippen molar-refractivity contribution < 1.29 is 27.4 Å². The number of alkyl halides is 3. The normalized spacial score (nSPS) is 20.4. The number of carbonyl (C=O) groups excluding carboxylic acids is 1. The first-order valence-corrected chi connectivity index (χ1v) is 13.0. The number of fused-ring (bicyclic) bond motifs is 1. The van der Waals surface area contributed by atoms with Gasteiger partial charge in [-0.15, -0.1) is 0 Å². The van der Waals surface area contributed by atoms with E-state index >= 15 is 0 Å². The molecule has 0 atom stereocenters. The molecular weight excluding hydrogens is 499 g/mol. The summed E-state index contributed by atoms with van der Waals surface area (Å²) in [5.74, 6) is 0. The monoisotopic (exact) mass is 529 g/mol. The molecule has 0 unspecified atom stereocenters. The van der Waals surface area contributed by atoms with Crippen molar-refractivity contribution in [2.45, 2.75) is 30.5 Å². The molecule has 0 aliphatic carbocycles. The average Bonchev–Trinajstić information content (AvgIpc) is 3.35. The summed E-state index contributed by atoms with van der Waals surface area (Å²) in [4.78, 5) is 16.3. The lowest BCUT2D eigenvalue weighted by Gasteiger charge is -2.39. The van der Waals surface area contributed by atoms with Gasteiger partial charge in [0.25, 0.3) is 0 Å². The van der Waals surface area contributed by atoms with E-state index in [9.17, 15) is 18.0 Å². The van der Waals surface area contributed by atoms with Crippen molar-refractivity contribution in [2.75, 3.05) is 57.4 Å². The average molecular weight is 530 g/mol. The fourth-order valence-corrected chi connectivity index (χ4v) is 5.63. The van der Waals surface area contributed by atoms with Crippen LogP contribution >= 0.6 is 0 Å². The number of halogens is 3. The molecule has 0 radical (unpaired) electrons. The van der Waals surface area contributed by atoms with E-state index in [4.69, 9.17) is 9.47 Å². The summed E-state index contributed by atoms with van der Waals surface area (Å²) in [6.07, 6.45) is -1.04. The summed E-state index contributed by atoms with van der Waals surface area (Å²) >= 11 is 0. The number of nitrogens with zero attached hydrogens (tertiary/aromatic N) is 4. The zero-order valence-electron chi connectivity index (χ0n) is 20.9. The van der Waals surface area contributed by atoms with Crippen LogP contribution in [0.1, 0.15) is 18.4 Å². The second-order valence-electron chi connectivity index (χ2n) is 10.2. The molecule has 0 saturated carbocycles. The maximum absolute atomic E-state index is 14.1. The number of ether oxygens (including phenoxy) is 2. The van der Waals surface area contributed by atoms with E-state index in [1.807, 2.05) is 18.3 Å². The van der Waals surface area contributed by atoms with Crippen LogP contribution in [0.5, 0.6) is 0 Å². The molecule has 1 aromatic carbocycles. The Morgan fingerprint density at radius 1 is 1.03 bits per heavy atom. The Morgan fingerprint density at radius 3 is 2.37 bits per heavy atom. The van der Waals surface area contributed by atoms with Crippen LogP contribution in [0.3, 0.4) is 0 Å². The van der Waals surface area contributed by atoms with Crippen molar-refractivity contribution in [3.63, 3.8) is 0 Å². The van der Waals surface area contributed by atoms with Crippen molar-refractivity contribution in [3.8, 4) is 11.1 Å². The first-order chi connectivity index (χ1) is 18.3. The fraction of sp³-hybridized carbons (Fsp3) is 0.481. The van der Waals surface area contributed by atoms with E-state index in [2.05, 4.69) is 15.3 Å². The molecule has 202 valence electrons. The molecule has 1 N–H and O–H groups in total. The number of amides is 1. The minimum absolute atomic E-state index is 0.0409. The lowest BCUT2D eigenvalue weighted by molar-refractivity contribution is -0.197. The minimum Gasteiger partial charge on any atom is -0.441 e. The van der Waals surface area contributed by atoms with Gasteiger partial charge in [-0.3, -0.25) is 0 Å². The second-order valence-corrected chi connectivity index (χ2v) is 10.2. The van der Waals surface area contributed by atoms with Gasteiger partial charge in [0.2, 0.25) is 0 Å².